The summed E-state index contributed by atoms with van der Waals surface area (Å²) < 4.78 is 1.17. The molecule has 2 aromatic heterocycles. The highest BCUT2D eigenvalue weighted by Crippen LogP contribution is 2.34. The van der Waals surface area contributed by atoms with Gasteiger partial charge >= 0.3 is 0 Å². The van der Waals surface area contributed by atoms with Gasteiger partial charge in [-0.05, 0) is 61.6 Å². The topological polar surface area (TPSA) is 76.7 Å². The van der Waals surface area contributed by atoms with Gasteiger partial charge in [0.05, 0.1) is 27.5 Å². The molecule has 0 spiro atoms. The summed E-state index contributed by atoms with van der Waals surface area (Å²) in [6, 6.07) is 14.8. The molecule has 0 aliphatic heterocycles. The second-order valence-corrected chi connectivity index (χ2v) is 8.15. The van der Waals surface area contributed by atoms with Gasteiger partial charge in [0, 0.05) is 17.3 Å². The molecule has 0 radical (unpaired) electrons. The molecule has 1 aliphatic rings. The highest BCUT2D eigenvalue weighted by Gasteiger charge is 2.21. The lowest BCUT2D eigenvalue weighted by Crippen LogP contribution is -2.18. The Labute approximate surface area is 167 Å². The predicted octanol–water partition coefficient (Wildman–Crippen LogP) is 5.13. The summed E-state index contributed by atoms with van der Waals surface area (Å²) in [5.41, 5.74) is 14.4. The van der Waals surface area contributed by atoms with Gasteiger partial charge in [-0.1, -0.05) is 12.1 Å². The van der Waals surface area contributed by atoms with Gasteiger partial charge in [0.2, 0.25) is 0 Å². The average Bonchev–Trinajstić information content (AvgIpc) is 3.15. The number of aryl methyl sites for hydroxylation is 2. The van der Waals surface area contributed by atoms with Gasteiger partial charge in [0.25, 0.3) is 0 Å². The Balaban J connectivity index is 1.48. The molecule has 3 N–H and O–H groups in total. The minimum Gasteiger partial charge on any atom is -0.399 e. The first-order chi connectivity index (χ1) is 13.7. The lowest BCUT2D eigenvalue weighted by molar-refractivity contribution is 0.598. The van der Waals surface area contributed by atoms with Gasteiger partial charge in [0.1, 0.15) is 11.6 Å². The molecule has 140 valence electrons. The quantitative estimate of drug-likeness (QED) is 0.476. The van der Waals surface area contributed by atoms with E-state index in [2.05, 4.69) is 44.5 Å². The molecule has 4 aromatic rings. The van der Waals surface area contributed by atoms with Crippen molar-refractivity contribution in [3.63, 3.8) is 0 Å². The summed E-state index contributed by atoms with van der Waals surface area (Å²) in [7, 11) is 0. The Bertz CT molecular complexity index is 1170. The molecule has 0 saturated carbocycles. The fourth-order valence-corrected chi connectivity index (χ4v) is 4.68. The van der Waals surface area contributed by atoms with E-state index < -0.39 is 0 Å². The Hall–Kier alpha value is -2.99. The number of nitrogens with two attached hydrogens (primary N) is 1. The molecule has 1 atom stereocenters. The number of nitrogens with one attached hydrogen (secondary N) is 1. The zero-order valence-corrected chi connectivity index (χ0v) is 16.5. The van der Waals surface area contributed by atoms with Crippen molar-refractivity contribution in [1.29, 1.82) is 0 Å². The summed E-state index contributed by atoms with van der Waals surface area (Å²) in [6.07, 6.45) is 3.32. The number of fused-ring (bicyclic) bond motifs is 2. The van der Waals surface area contributed by atoms with E-state index in [0.717, 1.165) is 53.4 Å². The van der Waals surface area contributed by atoms with Gasteiger partial charge < -0.3 is 11.1 Å². The van der Waals surface area contributed by atoms with Gasteiger partial charge in [-0.15, -0.1) is 11.3 Å². The van der Waals surface area contributed by atoms with E-state index in [1.54, 1.807) is 11.3 Å². The Morgan fingerprint density at radius 3 is 2.96 bits per heavy atom. The molecule has 0 bridgehead atoms. The Kier molecular flexibility index (Phi) is 4.20. The van der Waals surface area contributed by atoms with Crippen LogP contribution in [0, 0.1) is 6.92 Å². The molecule has 2 heterocycles. The van der Waals surface area contributed by atoms with E-state index in [1.165, 1.54) is 15.8 Å². The van der Waals surface area contributed by atoms with Crippen molar-refractivity contribution < 1.29 is 0 Å². The summed E-state index contributed by atoms with van der Waals surface area (Å²) >= 11 is 1.65. The van der Waals surface area contributed by atoms with Crippen LogP contribution < -0.4 is 11.1 Å². The molecule has 0 saturated heterocycles. The van der Waals surface area contributed by atoms with E-state index in [9.17, 15) is 0 Å². The summed E-state index contributed by atoms with van der Waals surface area (Å²) in [4.78, 5) is 13.7. The second kappa shape index (κ2) is 6.87. The number of hydrogen-bond acceptors (Lipinski definition) is 6. The Morgan fingerprint density at radius 1 is 1.11 bits per heavy atom. The lowest BCUT2D eigenvalue weighted by atomic mass is 9.87. The predicted molar refractivity (Wildman–Crippen MR) is 116 cm³/mol. The van der Waals surface area contributed by atoms with Crippen molar-refractivity contribution in [1.82, 2.24) is 15.0 Å². The summed E-state index contributed by atoms with van der Waals surface area (Å²) in [6.45, 7) is 1.94. The molecule has 0 fully saturated rings. The summed E-state index contributed by atoms with van der Waals surface area (Å²) in [5, 5.41) is 3.64. The monoisotopic (exact) mass is 387 g/mol. The lowest BCUT2D eigenvalue weighted by Gasteiger charge is -2.27. The fourth-order valence-electron chi connectivity index (χ4n) is 3.97. The van der Waals surface area contributed by atoms with E-state index in [0.29, 0.717) is 0 Å². The molecule has 5 rings (SSSR count). The minimum absolute atomic E-state index is 0.246. The molecular weight excluding hydrogens is 366 g/mol. The fraction of sp³-hybridized carbons (Fsp3) is 0.227. The van der Waals surface area contributed by atoms with Crippen LogP contribution in [-0.2, 0) is 6.42 Å². The SMILES string of the molecule is Cc1nc(NC2CCCc3cc(N)ccc32)cc(-c2ccc3ncsc3c2)n1. The number of nitrogens with zero attached hydrogens (tertiary/aromatic N) is 3. The van der Waals surface area contributed by atoms with Crippen molar-refractivity contribution >= 4 is 33.1 Å². The smallest absolute Gasteiger partial charge is 0.130 e. The standard InChI is InChI=1S/C22H21N5S/c1-13-25-20(15-5-8-19-21(10-15)28-12-24-19)11-22(26-13)27-18-4-2-3-14-9-16(23)6-7-17(14)18/h5-12,18H,2-4,23H2,1H3,(H,25,26,27). The maximum atomic E-state index is 5.97. The van der Waals surface area contributed by atoms with Gasteiger partial charge in [-0.25, -0.2) is 15.0 Å². The average molecular weight is 388 g/mol. The third-order valence-corrected chi connectivity index (χ3v) is 6.06. The van der Waals surface area contributed by atoms with E-state index >= 15 is 0 Å². The summed E-state index contributed by atoms with van der Waals surface area (Å²) in [5.74, 6) is 1.62. The molecule has 5 nitrogen and oxygen atoms in total. The normalized spacial score (nSPS) is 16.1. The van der Waals surface area contributed by atoms with E-state index in [4.69, 9.17) is 5.73 Å². The van der Waals surface area contributed by atoms with Crippen molar-refractivity contribution in [2.45, 2.75) is 32.2 Å². The number of hydrogen-bond donors (Lipinski definition) is 2. The number of rotatable bonds is 3. The molecule has 0 amide bonds. The molecule has 1 aliphatic carbocycles. The number of aromatic nitrogens is 3. The molecule has 6 heteroatoms. The van der Waals surface area contributed by atoms with Crippen molar-refractivity contribution in [2.24, 2.45) is 0 Å². The molecule has 1 unspecified atom stereocenters. The largest absolute Gasteiger partial charge is 0.399 e. The van der Waals surface area contributed by atoms with Crippen molar-refractivity contribution in [3.05, 3.63) is 64.9 Å². The maximum absolute atomic E-state index is 5.97. The van der Waals surface area contributed by atoms with Crippen LogP contribution in [0.4, 0.5) is 11.5 Å². The number of anilines is 2. The van der Waals surface area contributed by atoms with E-state index in [-0.39, 0.29) is 6.04 Å². The third-order valence-electron chi connectivity index (χ3n) is 5.27. The highest BCUT2D eigenvalue weighted by atomic mass is 32.1. The first kappa shape index (κ1) is 17.1. The van der Waals surface area contributed by atoms with Gasteiger partial charge in [-0.3, -0.25) is 0 Å². The van der Waals surface area contributed by atoms with Crippen LogP contribution in [0.15, 0.2) is 48.0 Å². The zero-order chi connectivity index (χ0) is 19.1. The van der Waals surface area contributed by atoms with Crippen LogP contribution in [0.3, 0.4) is 0 Å². The van der Waals surface area contributed by atoms with E-state index in [1.807, 2.05) is 30.6 Å². The zero-order valence-electron chi connectivity index (χ0n) is 15.6. The Morgan fingerprint density at radius 2 is 2.04 bits per heavy atom. The highest BCUT2D eigenvalue weighted by molar-refractivity contribution is 7.16. The third kappa shape index (κ3) is 3.20. The minimum atomic E-state index is 0.246. The van der Waals surface area contributed by atoms with Crippen LogP contribution in [0.5, 0.6) is 0 Å². The van der Waals surface area contributed by atoms with Crippen LogP contribution in [0.2, 0.25) is 0 Å². The molecular formula is C22H21N5S. The molecule has 2 aromatic carbocycles. The van der Waals surface area contributed by atoms with Crippen molar-refractivity contribution in [3.8, 4) is 11.3 Å². The maximum Gasteiger partial charge on any atom is 0.130 e. The molecule has 28 heavy (non-hydrogen) atoms. The van der Waals surface area contributed by atoms with Crippen LogP contribution >= 0.6 is 11.3 Å². The van der Waals surface area contributed by atoms with Crippen LogP contribution in [-0.4, -0.2) is 15.0 Å². The van der Waals surface area contributed by atoms with Crippen molar-refractivity contribution in [2.75, 3.05) is 11.1 Å². The number of benzene rings is 2. The number of thiazole rings is 1. The number of nitrogen functional groups attached to an aromatic ring is 1. The van der Waals surface area contributed by atoms with Crippen LogP contribution in [0.25, 0.3) is 21.5 Å². The van der Waals surface area contributed by atoms with Crippen LogP contribution in [0.1, 0.15) is 35.8 Å². The second-order valence-electron chi connectivity index (χ2n) is 7.27. The van der Waals surface area contributed by atoms with Gasteiger partial charge in [0.15, 0.2) is 0 Å². The van der Waals surface area contributed by atoms with Gasteiger partial charge in [-0.2, -0.15) is 0 Å². The first-order valence-electron chi connectivity index (χ1n) is 9.50. The first-order valence-corrected chi connectivity index (χ1v) is 10.4.